The standard InChI is InChI=1S/C52H32N4S/c1-3-12-33(13-4-1)34-14-11-15-37(30-34)45-28-29-53-52(54-45)56-46-20-9-7-18-39(46)43-31-35(23-27-48(43)56)36-22-26-47-44(32-36)41-24-25-42-40-19-8-10-21-49(40)57-51(42)50(41)55(47)38-16-5-2-6-17-38/h1-32H. The van der Waals surface area contributed by atoms with E-state index in [1.807, 2.05) is 29.7 Å². The van der Waals surface area contributed by atoms with E-state index in [4.69, 9.17) is 9.97 Å². The number of aromatic nitrogens is 4. The van der Waals surface area contributed by atoms with Crippen LogP contribution in [0.3, 0.4) is 0 Å². The van der Waals surface area contributed by atoms with Crippen LogP contribution in [-0.4, -0.2) is 19.1 Å². The Bertz CT molecular complexity index is 3520. The molecular formula is C52H32N4S. The van der Waals surface area contributed by atoms with Crippen LogP contribution in [0.4, 0.5) is 0 Å². The Morgan fingerprint density at radius 1 is 0.386 bits per heavy atom. The van der Waals surface area contributed by atoms with Gasteiger partial charge in [0.2, 0.25) is 5.95 Å². The first kappa shape index (κ1) is 32.0. The highest BCUT2D eigenvalue weighted by molar-refractivity contribution is 7.26. The summed E-state index contributed by atoms with van der Waals surface area (Å²) >= 11 is 1.88. The molecule has 4 heterocycles. The summed E-state index contributed by atoms with van der Waals surface area (Å²) in [4.78, 5) is 10.0. The van der Waals surface area contributed by atoms with Crippen LogP contribution in [0.2, 0.25) is 0 Å². The van der Waals surface area contributed by atoms with Crippen molar-refractivity contribution in [3.63, 3.8) is 0 Å². The average Bonchev–Trinajstić information content (AvgIpc) is 3.94. The highest BCUT2D eigenvalue weighted by Gasteiger charge is 2.20. The first-order valence-electron chi connectivity index (χ1n) is 19.2. The van der Waals surface area contributed by atoms with E-state index in [2.05, 4.69) is 185 Å². The van der Waals surface area contributed by atoms with Gasteiger partial charge in [-0.25, -0.2) is 9.97 Å². The van der Waals surface area contributed by atoms with Crippen molar-refractivity contribution in [2.24, 2.45) is 0 Å². The second-order valence-electron chi connectivity index (χ2n) is 14.6. The number of hydrogen-bond donors (Lipinski definition) is 0. The zero-order valence-corrected chi connectivity index (χ0v) is 31.5. The van der Waals surface area contributed by atoms with E-state index in [-0.39, 0.29) is 0 Å². The highest BCUT2D eigenvalue weighted by atomic mass is 32.1. The van der Waals surface area contributed by atoms with Crippen LogP contribution in [0.25, 0.3) is 109 Å². The molecule has 4 aromatic heterocycles. The second-order valence-corrected chi connectivity index (χ2v) is 15.7. The molecule has 0 N–H and O–H groups in total. The topological polar surface area (TPSA) is 35.6 Å². The van der Waals surface area contributed by atoms with Crippen molar-refractivity contribution in [3.05, 3.63) is 194 Å². The lowest BCUT2D eigenvalue weighted by molar-refractivity contribution is 0.992. The third-order valence-electron chi connectivity index (χ3n) is 11.4. The zero-order chi connectivity index (χ0) is 37.5. The minimum absolute atomic E-state index is 0.652. The molecule has 0 aliphatic heterocycles. The van der Waals surface area contributed by atoms with Gasteiger partial charge in [-0.05, 0) is 82.9 Å². The summed E-state index contributed by atoms with van der Waals surface area (Å²) in [6, 6.07) is 67.6. The van der Waals surface area contributed by atoms with Gasteiger partial charge in [0.1, 0.15) is 0 Å². The summed E-state index contributed by atoms with van der Waals surface area (Å²) in [5, 5.41) is 7.46. The molecule has 0 amide bonds. The normalized spacial score (nSPS) is 11.9. The van der Waals surface area contributed by atoms with E-state index in [1.54, 1.807) is 0 Å². The van der Waals surface area contributed by atoms with Crippen molar-refractivity contribution in [3.8, 4) is 45.1 Å². The summed E-state index contributed by atoms with van der Waals surface area (Å²) in [7, 11) is 0. The molecule has 0 spiro atoms. The van der Waals surface area contributed by atoms with Crippen LogP contribution in [0, 0.1) is 0 Å². The number of benzene rings is 8. The average molecular weight is 745 g/mol. The van der Waals surface area contributed by atoms with E-state index in [0.29, 0.717) is 5.95 Å². The molecule has 12 aromatic rings. The van der Waals surface area contributed by atoms with Gasteiger partial charge in [-0.2, -0.15) is 0 Å². The van der Waals surface area contributed by atoms with Crippen LogP contribution in [-0.2, 0) is 0 Å². The smallest absolute Gasteiger partial charge is 0.235 e. The predicted octanol–water partition coefficient (Wildman–Crippen LogP) is 14.0. The van der Waals surface area contributed by atoms with Crippen molar-refractivity contribution < 1.29 is 0 Å². The van der Waals surface area contributed by atoms with Crippen LogP contribution in [0.1, 0.15) is 0 Å². The molecular weight excluding hydrogens is 713 g/mol. The second kappa shape index (κ2) is 12.6. The third-order valence-corrected chi connectivity index (χ3v) is 12.6. The van der Waals surface area contributed by atoms with Crippen molar-refractivity contribution in [2.75, 3.05) is 0 Å². The van der Waals surface area contributed by atoms with Gasteiger partial charge in [0.15, 0.2) is 0 Å². The largest absolute Gasteiger partial charge is 0.308 e. The summed E-state index contributed by atoms with van der Waals surface area (Å²) in [5.74, 6) is 0.652. The van der Waals surface area contributed by atoms with E-state index < -0.39 is 0 Å². The maximum absolute atomic E-state index is 5.18. The molecule has 5 heteroatoms. The summed E-state index contributed by atoms with van der Waals surface area (Å²) in [6.45, 7) is 0. The Kier molecular flexibility index (Phi) is 7.06. The number of nitrogens with zero attached hydrogens (tertiary/aromatic N) is 4. The molecule has 4 nitrogen and oxygen atoms in total. The minimum Gasteiger partial charge on any atom is -0.308 e. The van der Waals surface area contributed by atoms with Gasteiger partial charge in [-0.1, -0.05) is 127 Å². The number of fused-ring (bicyclic) bond motifs is 10. The van der Waals surface area contributed by atoms with E-state index in [0.717, 1.165) is 27.9 Å². The van der Waals surface area contributed by atoms with Crippen LogP contribution in [0.5, 0.6) is 0 Å². The first-order chi connectivity index (χ1) is 28.3. The Balaban J connectivity index is 1.02. The summed E-state index contributed by atoms with van der Waals surface area (Å²) in [6.07, 6.45) is 1.87. The van der Waals surface area contributed by atoms with Gasteiger partial charge in [-0.15, -0.1) is 11.3 Å². The lowest BCUT2D eigenvalue weighted by atomic mass is 10.0. The molecule has 266 valence electrons. The fourth-order valence-electron chi connectivity index (χ4n) is 8.78. The fraction of sp³-hybridized carbons (Fsp3) is 0. The number of para-hydroxylation sites is 2. The SMILES string of the molecule is c1ccc(-c2cccc(-c3ccnc(-n4c5ccccc5c5cc(-c6ccc7c(c6)c6ccc8c9ccccc9sc8c6n7-c6ccccc6)ccc54)n3)c2)cc1. The zero-order valence-electron chi connectivity index (χ0n) is 30.7. The molecule has 8 aromatic carbocycles. The molecule has 0 saturated carbocycles. The maximum atomic E-state index is 5.18. The van der Waals surface area contributed by atoms with Gasteiger partial charge >= 0.3 is 0 Å². The molecule has 0 saturated heterocycles. The van der Waals surface area contributed by atoms with E-state index in [9.17, 15) is 0 Å². The van der Waals surface area contributed by atoms with Crippen molar-refractivity contribution in [1.82, 2.24) is 19.1 Å². The van der Waals surface area contributed by atoms with Crippen molar-refractivity contribution in [2.45, 2.75) is 0 Å². The number of hydrogen-bond acceptors (Lipinski definition) is 3. The van der Waals surface area contributed by atoms with E-state index >= 15 is 0 Å². The number of thiophene rings is 1. The quantitative estimate of drug-likeness (QED) is 0.176. The van der Waals surface area contributed by atoms with Gasteiger partial charge in [0, 0.05) is 54.5 Å². The first-order valence-corrected chi connectivity index (χ1v) is 20.1. The lowest BCUT2D eigenvalue weighted by Crippen LogP contribution is -2.01. The molecule has 0 aliphatic carbocycles. The van der Waals surface area contributed by atoms with Gasteiger partial charge in [0.25, 0.3) is 0 Å². The van der Waals surface area contributed by atoms with E-state index in [1.165, 1.54) is 75.1 Å². The highest BCUT2D eigenvalue weighted by Crippen LogP contribution is 2.44. The van der Waals surface area contributed by atoms with Gasteiger partial charge < -0.3 is 4.57 Å². The molecule has 0 unspecified atom stereocenters. The Morgan fingerprint density at radius 3 is 1.82 bits per heavy atom. The fourth-order valence-corrected chi connectivity index (χ4v) is 10.0. The summed E-state index contributed by atoms with van der Waals surface area (Å²) < 4.78 is 7.29. The van der Waals surface area contributed by atoms with Gasteiger partial charge in [-0.3, -0.25) is 4.57 Å². The molecule has 0 radical (unpaired) electrons. The molecule has 57 heavy (non-hydrogen) atoms. The summed E-state index contributed by atoms with van der Waals surface area (Å²) in [5.41, 5.74) is 12.4. The molecule has 12 rings (SSSR count). The Hall–Kier alpha value is -7.34. The maximum Gasteiger partial charge on any atom is 0.235 e. The van der Waals surface area contributed by atoms with Crippen molar-refractivity contribution >= 4 is 75.1 Å². The molecule has 0 atom stereocenters. The molecule has 0 aliphatic rings. The lowest BCUT2D eigenvalue weighted by Gasteiger charge is -2.10. The van der Waals surface area contributed by atoms with Crippen LogP contribution < -0.4 is 0 Å². The Labute approximate surface area is 332 Å². The third kappa shape index (κ3) is 4.99. The van der Waals surface area contributed by atoms with Crippen LogP contribution >= 0.6 is 11.3 Å². The van der Waals surface area contributed by atoms with Gasteiger partial charge in [0.05, 0.1) is 32.5 Å². The van der Waals surface area contributed by atoms with Crippen LogP contribution in [0.15, 0.2) is 194 Å². The molecule has 0 bridgehead atoms. The van der Waals surface area contributed by atoms with Crippen molar-refractivity contribution in [1.29, 1.82) is 0 Å². The Morgan fingerprint density at radius 2 is 1.00 bits per heavy atom. The predicted molar refractivity (Wildman–Crippen MR) is 240 cm³/mol. The number of rotatable bonds is 5. The minimum atomic E-state index is 0.652. The molecule has 0 fully saturated rings. The monoisotopic (exact) mass is 744 g/mol.